The number of likely N-dealkylation sites (N-methyl/N-ethyl adjacent to an activating group) is 1. The van der Waals surface area contributed by atoms with E-state index in [1.807, 2.05) is 13.0 Å². The molecule has 0 bridgehead atoms. The minimum absolute atomic E-state index is 0.224. The monoisotopic (exact) mass is 380 g/mol. The number of rotatable bonds is 5. The molecule has 0 amide bonds. The second kappa shape index (κ2) is 7.85. The topological polar surface area (TPSA) is 59.3 Å². The maximum atomic E-state index is 5.53. The van der Waals surface area contributed by atoms with Crippen LogP contribution in [0, 0.1) is 6.92 Å². The highest BCUT2D eigenvalue weighted by atomic mass is 16.5. The number of nitrogens with zero attached hydrogens (tertiary/aromatic N) is 6. The summed E-state index contributed by atoms with van der Waals surface area (Å²) >= 11 is 0. The third-order valence-corrected chi connectivity index (χ3v) is 5.05. The van der Waals surface area contributed by atoms with Crippen molar-refractivity contribution in [2.75, 3.05) is 51.8 Å². The molecule has 3 aromatic rings. The maximum Gasteiger partial charge on any atom is 0.166 e. The highest BCUT2D eigenvalue weighted by Gasteiger charge is 2.25. The molecule has 3 heterocycles. The molecular weight excluding hydrogens is 352 g/mol. The van der Waals surface area contributed by atoms with E-state index >= 15 is 0 Å². The van der Waals surface area contributed by atoms with Crippen LogP contribution in [0.5, 0.6) is 0 Å². The lowest BCUT2D eigenvalue weighted by Crippen LogP contribution is -2.37. The normalized spacial score (nSPS) is 16.1. The van der Waals surface area contributed by atoms with E-state index < -0.39 is 0 Å². The second-order valence-corrected chi connectivity index (χ2v) is 7.65. The molecule has 1 aromatic carbocycles. The van der Waals surface area contributed by atoms with Gasteiger partial charge in [-0.2, -0.15) is 0 Å². The first-order valence-electron chi connectivity index (χ1n) is 9.84. The number of aryl methyl sites for hydroxylation is 1. The summed E-state index contributed by atoms with van der Waals surface area (Å²) in [6.07, 6.45) is 0. The van der Waals surface area contributed by atoms with Crippen LogP contribution in [0.15, 0.2) is 30.3 Å². The Kier molecular flexibility index (Phi) is 5.28. The van der Waals surface area contributed by atoms with Crippen LogP contribution in [0.3, 0.4) is 0 Å². The molecule has 4 rings (SSSR count). The van der Waals surface area contributed by atoms with Gasteiger partial charge in [0, 0.05) is 31.2 Å². The number of hydrogen-bond acceptors (Lipinski definition) is 6. The average Bonchev–Trinajstić information content (AvgIpc) is 3.07. The van der Waals surface area contributed by atoms with Crippen LogP contribution in [0.2, 0.25) is 0 Å². The van der Waals surface area contributed by atoms with E-state index in [0.29, 0.717) is 13.2 Å². The Morgan fingerprint density at radius 2 is 1.79 bits per heavy atom. The highest BCUT2D eigenvalue weighted by molar-refractivity contribution is 5.87. The van der Waals surface area contributed by atoms with Gasteiger partial charge in [-0.15, -0.1) is 0 Å². The van der Waals surface area contributed by atoms with Crippen LogP contribution in [-0.4, -0.2) is 71.4 Å². The molecule has 28 heavy (non-hydrogen) atoms. The Morgan fingerprint density at radius 3 is 2.46 bits per heavy atom. The molecule has 2 aromatic heterocycles. The van der Waals surface area contributed by atoms with Crippen LogP contribution >= 0.6 is 0 Å². The molecule has 1 unspecified atom stereocenters. The summed E-state index contributed by atoms with van der Waals surface area (Å²) in [4.78, 5) is 19.1. The molecule has 0 saturated carbocycles. The van der Waals surface area contributed by atoms with E-state index in [4.69, 9.17) is 19.7 Å². The molecule has 0 radical (unpaired) electrons. The van der Waals surface area contributed by atoms with Gasteiger partial charge in [-0.3, -0.25) is 0 Å². The molecule has 1 atom stereocenters. The van der Waals surface area contributed by atoms with Crippen molar-refractivity contribution in [2.45, 2.75) is 19.9 Å². The predicted octanol–water partition coefficient (Wildman–Crippen LogP) is 2.76. The minimum atomic E-state index is 0.224. The van der Waals surface area contributed by atoms with Crippen molar-refractivity contribution in [3.63, 3.8) is 0 Å². The fourth-order valence-corrected chi connectivity index (χ4v) is 3.88. The zero-order chi connectivity index (χ0) is 19.7. The van der Waals surface area contributed by atoms with Gasteiger partial charge >= 0.3 is 0 Å². The zero-order valence-electron chi connectivity index (χ0n) is 17.1. The Labute approximate surface area is 166 Å². The van der Waals surface area contributed by atoms with Gasteiger partial charge in [-0.25, -0.2) is 15.0 Å². The van der Waals surface area contributed by atoms with E-state index in [9.17, 15) is 0 Å². The van der Waals surface area contributed by atoms with Crippen molar-refractivity contribution >= 4 is 17.0 Å². The summed E-state index contributed by atoms with van der Waals surface area (Å²) < 4.78 is 7.79. The van der Waals surface area contributed by atoms with Crippen LogP contribution in [-0.2, 0) is 4.74 Å². The van der Waals surface area contributed by atoms with Gasteiger partial charge in [0.1, 0.15) is 11.6 Å². The van der Waals surface area contributed by atoms with Crippen LogP contribution in [0.4, 0.5) is 5.82 Å². The molecule has 0 N–H and O–H groups in total. The number of benzene rings is 1. The van der Waals surface area contributed by atoms with Gasteiger partial charge in [-0.1, -0.05) is 30.3 Å². The van der Waals surface area contributed by atoms with Crippen LogP contribution in [0.25, 0.3) is 22.6 Å². The Bertz CT molecular complexity index is 946. The largest absolute Gasteiger partial charge is 0.378 e. The molecule has 1 saturated heterocycles. The fourth-order valence-electron chi connectivity index (χ4n) is 3.88. The van der Waals surface area contributed by atoms with Gasteiger partial charge < -0.3 is 19.1 Å². The standard InChI is InChI=1S/C21H28N6O/c1-15(14-25(3)4)27-19(17-8-6-5-7-9-17)24-18-20(22-16(2)23-21(18)27)26-10-12-28-13-11-26/h5-9,15H,10-14H2,1-4H3. The van der Waals surface area contributed by atoms with Gasteiger partial charge in [0.2, 0.25) is 0 Å². The first kappa shape index (κ1) is 18.8. The van der Waals surface area contributed by atoms with Gasteiger partial charge in [0.25, 0.3) is 0 Å². The van der Waals surface area contributed by atoms with Crippen LogP contribution < -0.4 is 4.90 Å². The molecule has 1 aliphatic rings. The van der Waals surface area contributed by atoms with Crippen LogP contribution in [0.1, 0.15) is 18.8 Å². The summed E-state index contributed by atoms with van der Waals surface area (Å²) in [5, 5.41) is 0. The van der Waals surface area contributed by atoms with Crippen molar-refractivity contribution in [3.05, 3.63) is 36.2 Å². The van der Waals surface area contributed by atoms with Crippen molar-refractivity contribution in [3.8, 4) is 11.4 Å². The van der Waals surface area contributed by atoms with E-state index in [2.05, 4.69) is 59.7 Å². The summed E-state index contributed by atoms with van der Waals surface area (Å²) in [6.45, 7) is 8.17. The first-order valence-corrected chi connectivity index (χ1v) is 9.84. The second-order valence-electron chi connectivity index (χ2n) is 7.65. The Morgan fingerprint density at radius 1 is 1.07 bits per heavy atom. The molecule has 148 valence electrons. The number of morpholine rings is 1. The summed E-state index contributed by atoms with van der Waals surface area (Å²) in [5.74, 6) is 2.63. The number of anilines is 1. The molecule has 0 aliphatic carbocycles. The first-order chi connectivity index (χ1) is 13.5. The molecule has 0 spiro atoms. The Balaban J connectivity index is 1.94. The average molecular weight is 380 g/mol. The zero-order valence-corrected chi connectivity index (χ0v) is 17.1. The van der Waals surface area contributed by atoms with Gasteiger partial charge in [0.05, 0.1) is 13.2 Å². The Hall–Kier alpha value is -2.51. The SMILES string of the molecule is Cc1nc(N2CCOCC2)c2nc(-c3ccccc3)n(C(C)CN(C)C)c2n1. The number of fused-ring (bicyclic) bond motifs is 1. The number of imidazole rings is 1. The molecule has 1 aliphatic heterocycles. The lowest BCUT2D eigenvalue weighted by atomic mass is 10.2. The van der Waals surface area contributed by atoms with E-state index in [0.717, 1.165) is 53.8 Å². The highest BCUT2D eigenvalue weighted by Crippen LogP contribution is 2.32. The fraction of sp³-hybridized carbons (Fsp3) is 0.476. The number of aromatic nitrogens is 4. The summed E-state index contributed by atoms with van der Waals surface area (Å²) in [5.41, 5.74) is 2.87. The van der Waals surface area contributed by atoms with Crippen molar-refractivity contribution in [2.24, 2.45) is 0 Å². The third kappa shape index (κ3) is 3.59. The number of ether oxygens (including phenoxy) is 1. The lowest BCUT2D eigenvalue weighted by Gasteiger charge is -2.28. The van der Waals surface area contributed by atoms with E-state index in [1.54, 1.807) is 0 Å². The molecule has 7 heteroatoms. The molecular formula is C21H28N6O. The minimum Gasteiger partial charge on any atom is -0.378 e. The lowest BCUT2D eigenvalue weighted by molar-refractivity contribution is 0.122. The quantitative estimate of drug-likeness (QED) is 0.678. The van der Waals surface area contributed by atoms with Gasteiger partial charge in [0.15, 0.2) is 17.0 Å². The summed E-state index contributed by atoms with van der Waals surface area (Å²) in [7, 11) is 4.19. The molecule has 1 fully saturated rings. The van der Waals surface area contributed by atoms with E-state index in [1.165, 1.54) is 0 Å². The number of hydrogen-bond donors (Lipinski definition) is 0. The van der Waals surface area contributed by atoms with E-state index in [-0.39, 0.29) is 6.04 Å². The smallest absolute Gasteiger partial charge is 0.166 e. The van der Waals surface area contributed by atoms with Crippen molar-refractivity contribution < 1.29 is 4.74 Å². The van der Waals surface area contributed by atoms with Gasteiger partial charge in [-0.05, 0) is 27.9 Å². The molecule has 7 nitrogen and oxygen atoms in total. The predicted molar refractivity (Wildman–Crippen MR) is 112 cm³/mol. The summed E-state index contributed by atoms with van der Waals surface area (Å²) in [6, 6.07) is 10.6. The third-order valence-electron chi connectivity index (χ3n) is 5.05. The van der Waals surface area contributed by atoms with Crippen molar-refractivity contribution in [1.29, 1.82) is 0 Å². The van der Waals surface area contributed by atoms with Crippen molar-refractivity contribution in [1.82, 2.24) is 24.4 Å². The maximum absolute atomic E-state index is 5.53.